The minimum atomic E-state index is -1.24. The van der Waals surface area contributed by atoms with Crippen LogP contribution in [0, 0.1) is 13.0 Å². The summed E-state index contributed by atoms with van der Waals surface area (Å²) in [6.45, 7) is 2.77. The molecule has 3 aromatic heterocycles. The van der Waals surface area contributed by atoms with Gasteiger partial charge in [0.1, 0.15) is 18.4 Å². The molecule has 1 fully saturated rings. The van der Waals surface area contributed by atoms with Crippen LogP contribution in [-0.4, -0.2) is 73.5 Å². The van der Waals surface area contributed by atoms with Crippen molar-refractivity contribution in [2.75, 3.05) is 25.9 Å². The summed E-state index contributed by atoms with van der Waals surface area (Å²) in [5.74, 6) is -1.24. The minimum Gasteiger partial charge on any atom is -0.462 e. The first-order valence-electron chi connectivity index (χ1n) is 11.6. The molecule has 3 aromatic rings. The number of imidazole rings is 1. The molecule has 38 heavy (non-hydrogen) atoms. The smallest absolute Gasteiger partial charge is 0.462 e. The maximum atomic E-state index is 13.7. The number of nitrogens with zero attached hydrogens (tertiary/aromatic N) is 5. The van der Waals surface area contributed by atoms with E-state index in [0.717, 1.165) is 0 Å². The van der Waals surface area contributed by atoms with E-state index in [1.54, 1.807) is 6.92 Å². The molecule has 0 spiro atoms. The Labute approximate surface area is 214 Å². The lowest BCUT2D eigenvalue weighted by Gasteiger charge is -2.27. The number of nitrogen functional groups attached to an aromatic ring is 1. The van der Waals surface area contributed by atoms with Gasteiger partial charge in [-0.1, -0.05) is 0 Å². The largest absolute Gasteiger partial charge is 0.519 e. The van der Waals surface area contributed by atoms with E-state index in [1.165, 1.54) is 29.8 Å². The predicted molar refractivity (Wildman–Crippen MR) is 124 cm³/mol. The van der Waals surface area contributed by atoms with Gasteiger partial charge in [-0.2, -0.15) is 14.4 Å². The zero-order chi connectivity index (χ0) is 27.6. The van der Waals surface area contributed by atoms with Crippen molar-refractivity contribution in [2.24, 2.45) is 0 Å². The number of rotatable bonds is 9. The molecule has 0 unspecified atom stereocenters. The zero-order valence-electron chi connectivity index (χ0n) is 20.9. The first-order chi connectivity index (χ1) is 18.0. The fourth-order valence-electron chi connectivity index (χ4n) is 3.89. The Morgan fingerprint density at radius 3 is 2.82 bits per heavy atom. The number of nitrogens with two attached hydrogens (primary N) is 1. The van der Waals surface area contributed by atoms with E-state index in [4.69, 9.17) is 28.8 Å². The van der Waals surface area contributed by atoms with Gasteiger partial charge in [-0.25, -0.2) is 14.6 Å². The third-order valence-electron chi connectivity index (χ3n) is 6.13. The number of aliphatic hydroxyl groups excluding tert-OH is 1. The average Bonchev–Trinajstić information content (AvgIpc) is 3.51. The van der Waals surface area contributed by atoms with Crippen molar-refractivity contribution in [1.82, 2.24) is 24.4 Å². The Hall–Kier alpha value is -4.05. The highest BCUT2D eigenvalue weighted by Gasteiger charge is 2.46. The van der Waals surface area contributed by atoms with Crippen LogP contribution in [0.3, 0.4) is 0 Å². The number of halogens is 1. The summed E-state index contributed by atoms with van der Waals surface area (Å²) in [4.78, 5) is 47.9. The molecule has 0 aliphatic carbocycles. The van der Waals surface area contributed by atoms with Crippen LogP contribution in [0.25, 0.3) is 11.2 Å². The number of anilines is 1. The molecule has 3 atom stereocenters. The lowest BCUT2D eigenvalue weighted by atomic mass is 10.0. The minimum absolute atomic E-state index is 0.00936. The number of hydrogen-bond donors (Lipinski definition) is 2. The standard InChI is InChI=1S/C22H27FN6O9/c1-11-12(37-21(33)36-11)8-34-20(32)28(3)6-4-5-15(31)35-9-22(2)13(30)7-14(38-22)29-10-25-16-17(24)26-19(23)27-18(16)29/h10,13-14,30H,4-9H2,1-3H3,(H2,24,26,27)/t13-,14+,22+/m0/s1. The molecule has 0 aromatic carbocycles. The second kappa shape index (κ2) is 10.7. The molecule has 3 N–H and O–H groups in total. The summed E-state index contributed by atoms with van der Waals surface area (Å²) in [6, 6.07) is 0. The quantitative estimate of drug-likeness (QED) is 0.289. The van der Waals surface area contributed by atoms with Gasteiger partial charge in [-0.05, 0) is 20.3 Å². The Balaban J connectivity index is 1.22. The van der Waals surface area contributed by atoms with Gasteiger partial charge in [0.15, 0.2) is 35.1 Å². The maximum Gasteiger partial charge on any atom is 0.519 e. The van der Waals surface area contributed by atoms with E-state index in [-0.39, 0.29) is 67.5 Å². The number of aromatic nitrogens is 4. The third kappa shape index (κ3) is 5.75. The lowest BCUT2D eigenvalue weighted by molar-refractivity contribution is -0.162. The molecule has 0 saturated carbocycles. The zero-order valence-corrected chi connectivity index (χ0v) is 20.9. The Morgan fingerprint density at radius 1 is 1.34 bits per heavy atom. The molecule has 4 rings (SSSR count). The summed E-state index contributed by atoms with van der Waals surface area (Å²) in [7, 11) is 1.49. The third-order valence-corrected chi connectivity index (χ3v) is 6.13. The summed E-state index contributed by atoms with van der Waals surface area (Å²) in [5.41, 5.74) is 4.76. The second-order valence-corrected chi connectivity index (χ2v) is 9.01. The molecular formula is C22H27FN6O9. The summed E-state index contributed by atoms with van der Waals surface area (Å²) in [6.07, 6.45) is -1.73. The maximum absolute atomic E-state index is 13.7. The highest BCUT2D eigenvalue weighted by molar-refractivity contribution is 5.81. The van der Waals surface area contributed by atoms with Crippen LogP contribution in [-0.2, 0) is 25.6 Å². The van der Waals surface area contributed by atoms with Crippen molar-refractivity contribution in [3.63, 3.8) is 0 Å². The van der Waals surface area contributed by atoms with Gasteiger partial charge >= 0.3 is 24.0 Å². The summed E-state index contributed by atoms with van der Waals surface area (Å²) >= 11 is 0. The van der Waals surface area contributed by atoms with Gasteiger partial charge in [0, 0.05) is 26.4 Å². The number of fused-ring (bicyclic) bond motifs is 1. The number of aryl methyl sites for hydroxylation is 1. The van der Waals surface area contributed by atoms with Crippen LogP contribution in [0.2, 0.25) is 0 Å². The molecule has 15 nitrogen and oxygen atoms in total. The molecule has 16 heteroatoms. The highest BCUT2D eigenvalue weighted by atomic mass is 19.1. The van der Waals surface area contributed by atoms with Crippen LogP contribution < -0.4 is 11.6 Å². The van der Waals surface area contributed by atoms with Crippen molar-refractivity contribution < 1.29 is 42.1 Å². The number of amides is 1. The molecule has 206 valence electrons. The fraction of sp³-hybridized carbons (Fsp3) is 0.545. The molecule has 1 amide bonds. The number of hydrogen-bond acceptors (Lipinski definition) is 13. The normalized spacial score (nSPS) is 21.1. The topological polar surface area (TPSA) is 198 Å². The Morgan fingerprint density at radius 2 is 2.11 bits per heavy atom. The van der Waals surface area contributed by atoms with Crippen molar-refractivity contribution in [2.45, 2.75) is 57.6 Å². The molecule has 1 aliphatic heterocycles. The van der Waals surface area contributed by atoms with Gasteiger partial charge < -0.3 is 38.8 Å². The average molecular weight is 538 g/mol. The van der Waals surface area contributed by atoms with E-state index in [1.807, 2.05) is 0 Å². The molecule has 1 saturated heterocycles. The van der Waals surface area contributed by atoms with E-state index >= 15 is 0 Å². The van der Waals surface area contributed by atoms with Crippen LogP contribution in [0.5, 0.6) is 0 Å². The molecule has 4 heterocycles. The van der Waals surface area contributed by atoms with E-state index < -0.39 is 41.9 Å². The van der Waals surface area contributed by atoms with E-state index in [0.29, 0.717) is 0 Å². The van der Waals surface area contributed by atoms with Gasteiger partial charge in [-0.3, -0.25) is 9.36 Å². The lowest BCUT2D eigenvalue weighted by Crippen LogP contribution is -2.41. The molecule has 0 radical (unpaired) electrons. The molecule has 1 aliphatic rings. The first kappa shape index (κ1) is 27.0. The monoisotopic (exact) mass is 538 g/mol. The fourth-order valence-corrected chi connectivity index (χ4v) is 3.89. The van der Waals surface area contributed by atoms with E-state index in [2.05, 4.69) is 15.0 Å². The number of carbonyl (C=O) groups is 2. The summed E-state index contributed by atoms with van der Waals surface area (Å²) in [5, 5.41) is 10.6. The highest BCUT2D eigenvalue weighted by Crippen LogP contribution is 2.38. The Kier molecular flexibility index (Phi) is 7.63. The number of ether oxygens (including phenoxy) is 3. The van der Waals surface area contributed by atoms with Gasteiger partial charge in [0.2, 0.25) is 0 Å². The number of esters is 1. The number of carbonyl (C=O) groups excluding carboxylic acids is 2. The second-order valence-electron chi connectivity index (χ2n) is 9.01. The van der Waals surface area contributed by atoms with Crippen molar-refractivity contribution >= 4 is 29.0 Å². The van der Waals surface area contributed by atoms with Gasteiger partial charge in [0.25, 0.3) is 0 Å². The van der Waals surface area contributed by atoms with Crippen molar-refractivity contribution in [1.29, 1.82) is 0 Å². The Bertz CT molecular complexity index is 1390. The predicted octanol–water partition coefficient (Wildman–Crippen LogP) is 1.03. The SMILES string of the molecule is Cc1oc(=O)oc1COC(=O)N(C)CCCC(=O)OC[C@@]1(C)O[C@@H](n2cnc3c(N)nc(F)nc32)C[C@@H]1O. The van der Waals surface area contributed by atoms with Crippen LogP contribution >= 0.6 is 0 Å². The molecular weight excluding hydrogens is 511 g/mol. The van der Waals surface area contributed by atoms with Crippen LogP contribution in [0.1, 0.15) is 43.9 Å². The van der Waals surface area contributed by atoms with Gasteiger partial charge in [-0.15, -0.1) is 0 Å². The van der Waals surface area contributed by atoms with E-state index in [9.17, 15) is 23.9 Å². The molecule has 0 bridgehead atoms. The van der Waals surface area contributed by atoms with Crippen LogP contribution in [0.4, 0.5) is 15.0 Å². The van der Waals surface area contributed by atoms with Crippen molar-refractivity contribution in [3.05, 3.63) is 34.5 Å². The first-order valence-corrected chi connectivity index (χ1v) is 11.6. The van der Waals surface area contributed by atoms with Crippen LogP contribution in [0.15, 0.2) is 20.0 Å². The van der Waals surface area contributed by atoms with Gasteiger partial charge in [0.05, 0.1) is 12.4 Å². The summed E-state index contributed by atoms with van der Waals surface area (Å²) < 4.78 is 40.9. The number of aliphatic hydroxyl groups is 1. The van der Waals surface area contributed by atoms with Crippen molar-refractivity contribution in [3.8, 4) is 0 Å².